The van der Waals surface area contributed by atoms with E-state index in [4.69, 9.17) is 0 Å². The number of carbonyl (C=O) groups excluding carboxylic acids is 2. The van der Waals surface area contributed by atoms with Gasteiger partial charge in [0, 0.05) is 49.4 Å². The van der Waals surface area contributed by atoms with Gasteiger partial charge in [0.25, 0.3) is 0 Å². The summed E-state index contributed by atoms with van der Waals surface area (Å²) in [6.45, 7) is 11.1. The summed E-state index contributed by atoms with van der Waals surface area (Å²) in [5.74, 6) is 0.293. The number of nitrogens with one attached hydrogen (secondary N) is 1. The van der Waals surface area contributed by atoms with Crippen LogP contribution >= 0.6 is 0 Å². The van der Waals surface area contributed by atoms with E-state index in [9.17, 15) is 9.59 Å². The molecule has 0 radical (unpaired) electrons. The number of nitrogens with zero attached hydrogens (tertiary/aromatic N) is 2. The Balaban J connectivity index is 1.87. The maximum atomic E-state index is 12.1. The van der Waals surface area contributed by atoms with E-state index in [1.165, 1.54) is 0 Å². The maximum absolute atomic E-state index is 12.1. The van der Waals surface area contributed by atoms with Crippen molar-refractivity contribution in [3.63, 3.8) is 0 Å². The third-order valence-electron chi connectivity index (χ3n) is 4.55. The molecule has 138 valence electrons. The van der Waals surface area contributed by atoms with Crippen molar-refractivity contribution in [3.8, 4) is 0 Å². The average Bonchev–Trinajstić information content (AvgIpc) is 2.59. The molecule has 5 nitrogen and oxygen atoms in total. The van der Waals surface area contributed by atoms with E-state index in [0.29, 0.717) is 6.42 Å². The van der Waals surface area contributed by atoms with Crippen molar-refractivity contribution in [2.24, 2.45) is 5.41 Å². The fraction of sp³-hybridized carbons (Fsp3) is 0.600. The van der Waals surface area contributed by atoms with Crippen LogP contribution in [0.5, 0.6) is 0 Å². The van der Waals surface area contributed by atoms with Gasteiger partial charge >= 0.3 is 0 Å². The number of hydrogen-bond donors (Lipinski definition) is 1. The first kappa shape index (κ1) is 19.3. The monoisotopic (exact) mass is 345 g/mol. The van der Waals surface area contributed by atoms with Crippen molar-refractivity contribution in [2.75, 3.05) is 36.4 Å². The Bertz CT molecular complexity index is 582. The molecule has 1 aromatic rings. The lowest BCUT2D eigenvalue weighted by atomic mass is 9.95. The van der Waals surface area contributed by atoms with Gasteiger partial charge in [-0.05, 0) is 30.7 Å². The van der Waals surface area contributed by atoms with Crippen LogP contribution in [0.25, 0.3) is 0 Å². The predicted octanol–water partition coefficient (Wildman–Crippen LogP) is 3.51. The lowest BCUT2D eigenvalue weighted by molar-refractivity contribution is -0.131. The van der Waals surface area contributed by atoms with E-state index in [2.05, 4.69) is 17.1 Å². The Hall–Kier alpha value is -2.04. The smallest absolute Gasteiger partial charge is 0.229 e. The molecule has 1 N–H and O–H groups in total. The highest BCUT2D eigenvalue weighted by Gasteiger charge is 2.22. The maximum Gasteiger partial charge on any atom is 0.229 e. The summed E-state index contributed by atoms with van der Waals surface area (Å²) in [4.78, 5) is 28.4. The van der Waals surface area contributed by atoms with Gasteiger partial charge in [-0.1, -0.05) is 34.1 Å². The second-order valence-electron chi connectivity index (χ2n) is 7.72. The highest BCUT2D eigenvalue weighted by molar-refractivity contribution is 5.94. The molecular weight excluding hydrogens is 314 g/mol. The van der Waals surface area contributed by atoms with Crippen LogP contribution in [-0.4, -0.2) is 42.9 Å². The van der Waals surface area contributed by atoms with Crippen LogP contribution in [-0.2, 0) is 9.59 Å². The van der Waals surface area contributed by atoms with Crippen LogP contribution in [0.4, 0.5) is 11.4 Å². The molecule has 1 aliphatic rings. The van der Waals surface area contributed by atoms with E-state index in [0.717, 1.165) is 50.4 Å². The second kappa shape index (κ2) is 8.37. The lowest BCUT2D eigenvalue weighted by Crippen LogP contribution is -2.48. The van der Waals surface area contributed by atoms with Crippen LogP contribution < -0.4 is 10.2 Å². The summed E-state index contributed by atoms with van der Waals surface area (Å²) in [6, 6.07) is 7.95. The summed E-state index contributed by atoms with van der Waals surface area (Å²) >= 11 is 0. The molecule has 1 aliphatic heterocycles. The van der Waals surface area contributed by atoms with Gasteiger partial charge in [0.15, 0.2) is 0 Å². The summed E-state index contributed by atoms with van der Waals surface area (Å²) in [5, 5.41) is 2.94. The molecule has 1 heterocycles. The number of hydrogen-bond acceptors (Lipinski definition) is 3. The zero-order chi connectivity index (χ0) is 18.4. The predicted molar refractivity (Wildman–Crippen MR) is 103 cm³/mol. The molecule has 0 atom stereocenters. The minimum atomic E-state index is -0.403. The van der Waals surface area contributed by atoms with E-state index in [1.807, 2.05) is 49.9 Å². The zero-order valence-electron chi connectivity index (χ0n) is 16.0. The fourth-order valence-corrected chi connectivity index (χ4v) is 2.77. The number of unbranched alkanes of at least 4 members (excludes halogenated alkanes) is 1. The van der Waals surface area contributed by atoms with Crippen LogP contribution in [0.2, 0.25) is 0 Å². The summed E-state index contributed by atoms with van der Waals surface area (Å²) in [7, 11) is 0. The van der Waals surface area contributed by atoms with Crippen LogP contribution in [0.15, 0.2) is 24.3 Å². The largest absolute Gasteiger partial charge is 0.368 e. The standard InChI is InChI=1S/C20H31N3O2/c1-5-6-7-18(24)23-14-12-22(13-15-23)17-10-8-16(9-11-17)21-19(25)20(2,3)4/h8-11H,5-7,12-15H2,1-4H3,(H,21,25). The Morgan fingerprint density at radius 3 is 2.16 bits per heavy atom. The van der Waals surface area contributed by atoms with Gasteiger partial charge in [0.2, 0.25) is 11.8 Å². The average molecular weight is 345 g/mol. The first-order valence-electron chi connectivity index (χ1n) is 9.25. The lowest BCUT2D eigenvalue weighted by Gasteiger charge is -2.36. The van der Waals surface area contributed by atoms with Gasteiger partial charge < -0.3 is 15.1 Å². The molecule has 0 unspecified atom stereocenters. The SMILES string of the molecule is CCCCC(=O)N1CCN(c2ccc(NC(=O)C(C)(C)C)cc2)CC1. The van der Waals surface area contributed by atoms with Gasteiger partial charge in [-0.25, -0.2) is 0 Å². The Kier molecular flexibility index (Phi) is 6.45. The molecule has 0 spiro atoms. The number of anilines is 2. The van der Waals surface area contributed by atoms with Gasteiger partial charge in [0.05, 0.1) is 0 Å². The minimum absolute atomic E-state index is 0.0134. The van der Waals surface area contributed by atoms with Gasteiger partial charge in [0.1, 0.15) is 0 Å². The van der Waals surface area contributed by atoms with Crippen molar-refractivity contribution in [2.45, 2.75) is 47.0 Å². The molecule has 1 aromatic carbocycles. The third kappa shape index (κ3) is 5.48. The quantitative estimate of drug-likeness (QED) is 0.888. The highest BCUT2D eigenvalue weighted by atomic mass is 16.2. The molecule has 2 amide bonds. The van der Waals surface area contributed by atoms with Crippen LogP contribution in [0, 0.1) is 5.41 Å². The Morgan fingerprint density at radius 1 is 1.04 bits per heavy atom. The molecule has 1 fully saturated rings. The minimum Gasteiger partial charge on any atom is -0.368 e. The fourth-order valence-electron chi connectivity index (χ4n) is 2.77. The van der Waals surface area contributed by atoms with E-state index < -0.39 is 5.41 Å². The Morgan fingerprint density at radius 2 is 1.64 bits per heavy atom. The van der Waals surface area contributed by atoms with Gasteiger partial charge in [-0.2, -0.15) is 0 Å². The second-order valence-corrected chi connectivity index (χ2v) is 7.72. The van der Waals surface area contributed by atoms with Crippen LogP contribution in [0.3, 0.4) is 0 Å². The molecule has 0 bridgehead atoms. The number of piperazine rings is 1. The van der Waals surface area contributed by atoms with E-state index >= 15 is 0 Å². The topological polar surface area (TPSA) is 52.7 Å². The molecule has 0 aromatic heterocycles. The summed E-state index contributed by atoms with van der Waals surface area (Å²) in [6.07, 6.45) is 2.70. The molecule has 25 heavy (non-hydrogen) atoms. The Labute approximate surface area is 151 Å². The summed E-state index contributed by atoms with van der Waals surface area (Å²) < 4.78 is 0. The van der Waals surface area contributed by atoms with Crippen molar-refractivity contribution >= 4 is 23.2 Å². The third-order valence-corrected chi connectivity index (χ3v) is 4.55. The molecular formula is C20H31N3O2. The van der Waals surface area contributed by atoms with E-state index in [-0.39, 0.29) is 11.8 Å². The molecule has 0 aliphatic carbocycles. The molecule has 0 saturated carbocycles. The number of rotatable bonds is 5. The van der Waals surface area contributed by atoms with Gasteiger partial charge in [-0.3, -0.25) is 9.59 Å². The van der Waals surface area contributed by atoms with Crippen molar-refractivity contribution < 1.29 is 9.59 Å². The first-order valence-corrected chi connectivity index (χ1v) is 9.25. The molecule has 1 saturated heterocycles. The normalized spacial score (nSPS) is 15.2. The number of amides is 2. The van der Waals surface area contributed by atoms with Crippen LogP contribution in [0.1, 0.15) is 47.0 Å². The highest BCUT2D eigenvalue weighted by Crippen LogP contribution is 2.22. The summed E-state index contributed by atoms with van der Waals surface area (Å²) in [5.41, 5.74) is 1.55. The van der Waals surface area contributed by atoms with Crippen molar-refractivity contribution in [3.05, 3.63) is 24.3 Å². The van der Waals surface area contributed by atoms with E-state index in [1.54, 1.807) is 0 Å². The molecule has 2 rings (SSSR count). The molecule has 5 heteroatoms. The first-order chi connectivity index (χ1) is 11.8. The van der Waals surface area contributed by atoms with Gasteiger partial charge in [-0.15, -0.1) is 0 Å². The number of benzene rings is 1. The number of carbonyl (C=O) groups is 2. The van der Waals surface area contributed by atoms with Crippen molar-refractivity contribution in [1.82, 2.24) is 4.90 Å². The van der Waals surface area contributed by atoms with Crippen molar-refractivity contribution in [1.29, 1.82) is 0 Å². The zero-order valence-corrected chi connectivity index (χ0v) is 16.0.